The van der Waals surface area contributed by atoms with Crippen LogP contribution in [0.25, 0.3) is 0 Å². The summed E-state index contributed by atoms with van der Waals surface area (Å²) in [6.07, 6.45) is -0.844. The van der Waals surface area contributed by atoms with Gasteiger partial charge in [0.25, 0.3) is 0 Å². The normalized spacial score (nSPS) is 13.4. The molecule has 0 aliphatic rings. The first kappa shape index (κ1) is 17.3. The van der Waals surface area contributed by atoms with Crippen LogP contribution < -0.4 is 10.6 Å². The molecular weight excluding hydrogens is 329 g/mol. The number of rotatable bonds is 5. The van der Waals surface area contributed by atoms with Crippen molar-refractivity contribution in [2.75, 3.05) is 6.54 Å². The Morgan fingerprint density at radius 1 is 1.26 bits per heavy atom. The summed E-state index contributed by atoms with van der Waals surface area (Å²) in [5.74, 6) is -4.19. The van der Waals surface area contributed by atoms with Crippen molar-refractivity contribution < 1.29 is 23.1 Å². The van der Waals surface area contributed by atoms with Gasteiger partial charge in [0.15, 0.2) is 17.5 Å². The van der Waals surface area contributed by atoms with Crippen LogP contribution in [0, 0.1) is 17.5 Å². The van der Waals surface area contributed by atoms with Crippen molar-refractivity contribution in [2.45, 2.75) is 19.1 Å². The molecule has 124 valence electrons. The Labute approximate surface area is 135 Å². The van der Waals surface area contributed by atoms with Crippen LogP contribution in [0.1, 0.15) is 30.2 Å². The topological polar surface area (TPSA) is 61.4 Å². The Hall–Kier alpha value is -2.06. The molecule has 2 rings (SSSR count). The van der Waals surface area contributed by atoms with Crippen LogP contribution in [-0.2, 0) is 0 Å². The van der Waals surface area contributed by atoms with Gasteiger partial charge in [-0.15, -0.1) is 0 Å². The van der Waals surface area contributed by atoms with Crippen LogP contribution in [0.5, 0.6) is 0 Å². The van der Waals surface area contributed by atoms with Crippen LogP contribution in [0.4, 0.5) is 18.0 Å². The van der Waals surface area contributed by atoms with Crippen molar-refractivity contribution in [1.29, 1.82) is 0 Å². The molecule has 1 aromatic heterocycles. The maximum atomic E-state index is 13.2. The fraction of sp³-hybridized carbons (Fsp3) is 0.267. The first-order chi connectivity index (χ1) is 10.9. The average molecular weight is 344 g/mol. The molecule has 8 heteroatoms. The minimum Gasteiger partial charge on any atom is -0.387 e. The molecule has 0 radical (unpaired) electrons. The van der Waals surface area contributed by atoms with E-state index in [0.717, 1.165) is 12.1 Å². The number of urea groups is 1. The highest BCUT2D eigenvalue weighted by atomic mass is 32.1. The minimum atomic E-state index is -1.55. The summed E-state index contributed by atoms with van der Waals surface area (Å²) in [5.41, 5.74) is 0.779. The van der Waals surface area contributed by atoms with E-state index in [1.54, 1.807) is 16.8 Å². The van der Waals surface area contributed by atoms with Gasteiger partial charge in [-0.05, 0) is 47.0 Å². The smallest absolute Gasteiger partial charge is 0.315 e. The van der Waals surface area contributed by atoms with Crippen molar-refractivity contribution in [3.8, 4) is 0 Å². The second kappa shape index (κ2) is 7.47. The van der Waals surface area contributed by atoms with Crippen molar-refractivity contribution >= 4 is 17.4 Å². The number of hydrogen-bond donors (Lipinski definition) is 3. The van der Waals surface area contributed by atoms with Crippen LogP contribution in [0.2, 0.25) is 0 Å². The monoisotopic (exact) mass is 344 g/mol. The molecule has 0 saturated carbocycles. The van der Waals surface area contributed by atoms with E-state index in [2.05, 4.69) is 10.6 Å². The summed E-state index contributed by atoms with van der Waals surface area (Å²) in [6, 6.07) is 2.03. The van der Waals surface area contributed by atoms with E-state index in [0.29, 0.717) is 5.56 Å². The van der Waals surface area contributed by atoms with Gasteiger partial charge in [0, 0.05) is 6.54 Å². The van der Waals surface area contributed by atoms with E-state index in [9.17, 15) is 23.1 Å². The molecule has 2 aromatic rings. The van der Waals surface area contributed by atoms with E-state index >= 15 is 0 Å². The lowest BCUT2D eigenvalue weighted by atomic mass is 10.1. The lowest BCUT2D eigenvalue weighted by Gasteiger charge is -2.17. The number of aliphatic hydroxyl groups excluding tert-OH is 1. The van der Waals surface area contributed by atoms with Gasteiger partial charge >= 0.3 is 6.03 Å². The molecular formula is C15H15F3N2O2S. The Kier molecular flexibility index (Phi) is 5.62. The summed E-state index contributed by atoms with van der Waals surface area (Å²) in [6.45, 7) is 1.49. The Balaban J connectivity index is 1.90. The second-order valence-corrected chi connectivity index (χ2v) is 5.73. The van der Waals surface area contributed by atoms with Gasteiger partial charge in [-0.2, -0.15) is 11.3 Å². The maximum Gasteiger partial charge on any atom is 0.315 e. The first-order valence-electron chi connectivity index (χ1n) is 6.77. The summed E-state index contributed by atoms with van der Waals surface area (Å²) >= 11 is 1.42. The Morgan fingerprint density at radius 3 is 2.48 bits per heavy atom. The lowest BCUT2D eigenvalue weighted by molar-refractivity contribution is 0.173. The van der Waals surface area contributed by atoms with Crippen LogP contribution >= 0.6 is 11.3 Å². The zero-order chi connectivity index (χ0) is 17.0. The third kappa shape index (κ3) is 4.46. The van der Waals surface area contributed by atoms with Gasteiger partial charge in [-0.3, -0.25) is 0 Å². The molecule has 0 aliphatic carbocycles. The molecule has 1 heterocycles. The second-order valence-electron chi connectivity index (χ2n) is 4.95. The highest BCUT2D eigenvalue weighted by Crippen LogP contribution is 2.19. The van der Waals surface area contributed by atoms with Gasteiger partial charge in [0.2, 0.25) is 0 Å². The Morgan fingerprint density at radius 2 is 1.91 bits per heavy atom. The van der Waals surface area contributed by atoms with E-state index in [1.807, 2.05) is 0 Å². The number of carbonyl (C=O) groups is 1. The molecule has 0 spiro atoms. The SMILES string of the molecule is C[C@@H](NC(=O)NC[C@@H](O)c1ccsc1)c1cc(F)c(F)c(F)c1. The summed E-state index contributed by atoms with van der Waals surface area (Å²) in [4.78, 5) is 11.7. The van der Waals surface area contributed by atoms with Gasteiger partial charge in [-0.1, -0.05) is 0 Å². The van der Waals surface area contributed by atoms with Gasteiger partial charge in [0.05, 0.1) is 12.1 Å². The number of amides is 2. The predicted octanol–water partition coefficient (Wildman–Crippen LogP) is 3.26. The average Bonchev–Trinajstić information content (AvgIpc) is 3.04. The highest BCUT2D eigenvalue weighted by molar-refractivity contribution is 7.07. The molecule has 0 aliphatic heterocycles. The molecule has 3 N–H and O–H groups in total. The number of thiophene rings is 1. The Bertz CT molecular complexity index is 656. The van der Waals surface area contributed by atoms with Gasteiger partial charge in [0.1, 0.15) is 0 Å². The molecule has 0 unspecified atom stereocenters. The molecule has 2 amide bonds. The van der Waals surface area contributed by atoms with Crippen molar-refractivity contribution in [2.24, 2.45) is 0 Å². The summed E-state index contributed by atoms with van der Waals surface area (Å²) in [7, 11) is 0. The standard InChI is InChI=1S/C15H15F3N2O2S/c1-8(10-4-11(16)14(18)12(17)5-10)20-15(22)19-6-13(21)9-2-3-23-7-9/h2-5,7-8,13,21H,6H2,1H3,(H2,19,20,22)/t8-,13-/m1/s1. The number of nitrogens with one attached hydrogen (secondary N) is 2. The third-order valence-electron chi connectivity index (χ3n) is 3.24. The lowest BCUT2D eigenvalue weighted by Crippen LogP contribution is -2.39. The van der Waals surface area contributed by atoms with Crippen molar-refractivity contribution in [1.82, 2.24) is 10.6 Å². The largest absolute Gasteiger partial charge is 0.387 e. The molecule has 0 saturated heterocycles. The van der Waals surface area contributed by atoms with Crippen LogP contribution in [0.15, 0.2) is 29.0 Å². The van der Waals surface area contributed by atoms with Gasteiger partial charge in [-0.25, -0.2) is 18.0 Å². The zero-order valence-corrected chi connectivity index (χ0v) is 13.0. The number of aliphatic hydroxyl groups is 1. The van der Waals surface area contributed by atoms with E-state index in [4.69, 9.17) is 0 Å². The van der Waals surface area contributed by atoms with E-state index < -0.39 is 35.6 Å². The number of benzene rings is 1. The first-order valence-corrected chi connectivity index (χ1v) is 7.71. The molecule has 4 nitrogen and oxygen atoms in total. The number of hydrogen-bond acceptors (Lipinski definition) is 3. The van der Waals surface area contributed by atoms with Crippen LogP contribution in [0.3, 0.4) is 0 Å². The summed E-state index contributed by atoms with van der Waals surface area (Å²) < 4.78 is 39.3. The number of halogens is 3. The fourth-order valence-corrected chi connectivity index (χ4v) is 2.64. The minimum absolute atomic E-state index is 0.0125. The third-order valence-corrected chi connectivity index (χ3v) is 3.94. The fourth-order valence-electron chi connectivity index (χ4n) is 1.93. The van der Waals surface area contributed by atoms with Crippen molar-refractivity contribution in [3.63, 3.8) is 0 Å². The summed E-state index contributed by atoms with van der Waals surface area (Å²) in [5, 5.41) is 18.3. The number of carbonyl (C=O) groups excluding carboxylic acids is 1. The predicted molar refractivity (Wildman–Crippen MR) is 80.5 cm³/mol. The quantitative estimate of drug-likeness (QED) is 0.729. The molecule has 2 atom stereocenters. The molecule has 0 fully saturated rings. The van der Waals surface area contributed by atoms with E-state index in [-0.39, 0.29) is 12.1 Å². The maximum absolute atomic E-state index is 13.2. The zero-order valence-electron chi connectivity index (χ0n) is 12.1. The van der Waals surface area contributed by atoms with Crippen LogP contribution in [-0.4, -0.2) is 17.7 Å². The van der Waals surface area contributed by atoms with E-state index in [1.165, 1.54) is 18.3 Å². The highest BCUT2D eigenvalue weighted by Gasteiger charge is 2.16. The molecule has 1 aromatic carbocycles. The molecule has 0 bridgehead atoms. The molecule has 23 heavy (non-hydrogen) atoms. The van der Waals surface area contributed by atoms with Crippen molar-refractivity contribution in [3.05, 3.63) is 57.5 Å². The van der Waals surface area contributed by atoms with Gasteiger partial charge < -0.3 is 15.7 Å².